The summed E-state index contributed by atoms with van der Waals surface area (Å²) < 4.78 is 28.6. The number of hydrogen-bond acceptors (Lipinski definition) is 5. The summed E-state index contributed by atoms with van der Waals surface area (Å²) in [6.45, 7) is 5.76. The van der Waals surface area contributed by atoms with Gasteiger partial charge in [-0.1, -0.05) is 0 Å². The van der Waals surface area contributed by atoms with Crippen LogP contribution in [0.5, 0.6) is 0 Å². The van der Waals surface area contributed by atoms with E-state index in [0.29, 0.717) is 13.1 Å². The molecule has 2 heterocycles. The van der Waals surface area contributed by atoms with Gasteiger partial charge in [-0.05, 0) is 31.7 Å². The molecule has 0 aromatic carbocycles. The van der Waals surface area contributed by atoms with E-state index in [1.165, 1.54) is 0 Å². The predicted octanol–water partition coefficient (Wildman–Crippen LogP) is -0.139. The fourth-order valence-electron chi connectivity index (χ4n) is 2.93. The summed E-state index contributed by atoms with van der Waals surface area (Å²) >= 11 is 0. The molecule has 2 aliphatic heterocycles. The van der Waals surface area contributed by atoms with Crippen molar-refractivity contribution in [1.29, 1.82) is 0 Å². The zero-order valence-corrected chi connectivity index (χ0v) is 11.9. The lowest BCUT2D eigenvalue weighted by Gasteiger charge is -2.43. The van der Waals surface area contributed by atoms with E-state index in [4.69, 9.17) is 10.5 Å². The van der Waals surface area contributed by atoms with Crippen LogP contribution in [0.1, 0.15) is 19.8 Å². The van der Waals surface area contributed by atoms with E-state index in [1.807, 2.05) is 6.92 Å². The molecule has 0 amide bonds. The van der Waals surface area contributed by atoms with E-state index in [0.717, 1.165) is 32.6 Å². The number of sulfone groups is 1. The lowest BCUT2D eigenvalue weighted by atomic mass is 9.79. The highest BCUT2D eigenvalue weighted by molar-refractivity contribution is 7.91. The first-order valence-electron chi connectivity index (χ1n) is 6.69. The van der Waals surface area contributed by atoms with Gasteiger partial charge in [0.1, 0.15) is 0 Å². The van der Waals surface area contributed by atoms with Crippen molar-refractivity contribution >= 4 is 9.84 Å². The second kappa shape index (κ2) is 5.45. The van der Waals surface area contributed by atoms with Crippen LogP contribution in [-0.4, -0.2) is 63.7 Å². The van der Waals surface area contributed by atoms with Crippen molar-refractivity contribution < 1.29 is 13.2 Å². The molecule has 2 N–H and O–H groups in total. The second-order valence-electron chi connectivity index (χ2n) is 5.75. The quantitative estimate of drug-likeness (QED) is 0.777. The highest BCUT2D eigenvalue weighted by Gasteiger charge is 2.37. The number of ether oxygens (including phenoxy) is 1. The number of nitrogens with zero attached hydrogens (tertiary/aromatic N) is 1. The third-order valence-corrected chi connectivity index (χ3v) is 6.13. The van der Waals surface area contributed by atoms with Gasteiger partial charge >= 0.3 is 0 Å². The summed E-state index contributed by atoms with van der Waals surface area (Å²) in [4.78, 5) is 2.29. The molecule has 2 rings (SSSR count). The van der Waals surface area contributed by atoms with Gasteiger partial charge in [0.2, 0.25) is 0 Å². The first-order chi connectivity index (χ1) is 8.46. The molecule has 0 aliphatic carbocycles. The first kappa shape index (κ1) is 14.2. The number of rotatable bonds is 3. The maximum atomic E-state index is 11.6. The molecular weight excluding hydrogens is 252 g/mol. The average molecular weight is 276 g/mol. The monoisotopic (exact) mass is 276 g/mol. The molecule has 0 radical (unpaired) electrons. The Bertz CT molecular complexity index is 377. The Morgan fingerprint density at radius 1 is 1.39 bits per heavy atom. The van der Waals surface area contributed by atoms with Gasteiger partial charge in [0.15, 0.2) is 9.84 Å². The van der Waals surface area contributed by atoms with Gasteiger partial charge < -0.3 is 10.5 Å². The Morgan fingerprint density at radius 2 is 2.06 bits per heavy atom. The van der Waals surface area contributed by atoms with E-state index >= 15 is 0 Å². The molecule has 106 valence electrons. The summed E-state index contributed by atoms with van der Waals surface area (Å²) in [6.07, 6.45) is 1.97. The second-order valence-corrected chi connectivity index (χ2v) is 7.98. The van der Waals surface area contributed by atoms with Gasteiger partial charge in [-0.15, -0.1) is 0 Å². The Kier molecular flexibility index (Phi) is 4.31. The standard InChI is InChI=1S/C12H24N2O3S/c1-11-8-18(15,16)7-4-14(11)10-12(9-13)2-5-17-6-3-12/h11H,2-10,13H2,1H3. The molecule has 2 saturated heterocycles. The topological polar surface area (TPSA) is 72.6 Å². The van der Waals surface area contributed by atoms with Crippen LogP contribution in [0.15, 0.2) is 0 Å². The maximum absolute atomic E-state index is 11.6. The van der Waals surface area contributed by atoms with Gasteiger partial charge in [0.05, 0.1) is 11.5 Å². The van der Waals surface area contributed by atoms with E-state index in [-0.39, 0.29) is 23.0 Å². The maximum Gasteiger partial charge on any atom is 0.153 e. The predicted molar refractivity (Wildman–Crippen MR) is 71.2 cm³/mol. The van der Waals surface area contributed by atoms with Crippen LogP contribution in [0.25, 0.3) is 0 Å². The minimum absolute atomic E-state index is 0.106. The van der Waals surface area contributed by atoms with Crippen molar-refractivity contribution in [2.24, 2.45) is 11.1 Å². The summed E-state index contributed by atoms with van der Waals surface area (Å²) in [5.74, 6) is 0.568. The molecule has 0 saturated carbocycles. The first-order valence-corrected chi connectivity index (χ1v) is 8.51. The molecule has 18 heavy (non-hydrogen) atoms. The molecule has 1 atom stereocenters. The molecule has 6 heteroatoms. The number of nitrogens with two attached hydrogens (primary N) is 1. The van der Waals surface area contributed by atoms with Gasteiger partial charge in [-0.3, -0.25) is 4.90 Å². The van der Waals surface area contributed by atoms with E-state index in [2.05, 4.69) is 4.90 Å². The highest BCUT2D eigenvalue weighted by Crippen LogP contribution is 2.31. The Balaban J connectivity index is 2.00. The van der Waals surface area contributed by atoms with Crippen LogP contribution in [0.3, 0.4) is 0 Å². The van der Waals surface area contributed by atoms with Crippen molar-refractivity contribution in [3.63, 3.8) is 0 Å². The third-order valence-electron chi connectivity index (χ3n) is 4.33. The van der Waals surface area contributed by atoms with Crippen molar-refractivity contribution in [3.8, 4) is 0 Å². The van der Waals surface area contributed by atoms with Crippen LogP contribution in [-0.2, 0) is 14.6 Å². The SMILES string of the molecule is CC1CS(=O)(=O)CCN1CC1(CN)CCOCC1. The van der Waals surface area contributed by atoms with Crippen LogP contribution < -0.4 is 5.73 Å². The lowest BCUT2D eigenvalue weighted by molar-refractivity contribution is -0.00465. The van der Waals surface area contributed by atoms with Gasteiger partial charge in [0, 0.05) is 32.3 Å². The Hall–Kier alpha value is -0.170. The molecule has 0 bridgehead atoms. The smallest absolute Gasteiger partial charge is 0.153 e. The van der Waals surface area contributed by atoms with E-state index < -0.39 is 9.84 Å². The summed E-state index contributed by atoms with van der Waals surface area (Å²) in [7, 11) is -2.83. The summed E-state index contributed by atoms with van der Waals surface area (Å²) in [5, 5.41) is 0. The molecule has 2 fully saturated rings. The molecule has 5 nitrogen and oxygen atoms in total. The summed E-state index contributed by atoms with van der Waals surface area (Å²) in [5.41, 5.74) is 6.07. The van der Waals surface area contributed by atoms with Gasteiger partial charge in [-0.25, -0.2) is 8.42 Å². The van der Waals surface area contributed by atoms with Crippen LogP contribution in [0.2, 0.25) is 0 Å². The zero-order valence-electron chi connectivity index (χ0n) is 11.1. The van der Waals surface area contributed by atoms with Crippen LogP contribution in [0, 0.1) is 5.41 Å². The normalized spacial score (nSPS) is 32.2. The molecule has 2 aliphatic rings. The van der Waals surface area contributed by atoms with Crippen LogP contribution >= 0.6 is 0 Å². The number of hydrogen-bond donors (Lipinski definition) is 1. The average Bonchev–Trinajstić information content (AvgIpc) is 2.34. The molecule has 0 aromatic rings. The fraction of sp³-hybridized carbons (Fsp3) is 1.00. The van der Waals surface area contributed by atoms with Crippen molar-refractivity contribution in [1.82, 2.24) is 4.90 Å². The molecular formula is C12H24N2O3S. The zero-order chi connectivity index (χ0) is 13.2. The Morgan fingerprint density at radius 3 is 2.61 bits per heavy atom. The molecule has 0 aromatic heterocycles. The third kappa shape index (κ3) is 3.23. The minimum atomic E-state index is -2.83. The van der Waals surface area contributed by atoms with Crippen LogP contribution in [0.4, 0.5) is 0 Å². The van der Waals surface area contributed by atoms with Gasteiger partial charge in [0.25, 0.3) is 0 Å². The Labute approximate surface area is 110 Å². The fourth-order valence-corrected chi connectivity index (χ4v) is 4.56. The minimum Gasteiger partial charge on any atom is -0.381 e. The molecule has 1 unspecified atom stereocenters. The van der Waals surface area contributed by atoms with Crippen molar-refractivity contribution in [2.75, 3.05) is 44.4 Å². The highest BCUT2D eigenvalue weighted by atomic mass is 32.2. The van der Waals surface area contributed by atoms with Crippen molar-refractivity contribution in [2.45, 2.75) is 25.8 Å². The molecule has 0 spiro atoms. The van der Waals surface area contributed by atoms with Crippen molar-refractivity contribution in [3.05, 3.63) is 0 Å². The largest absolute Gasteiger partial charge is 0.381 e. The lowest BCUT2D eigenvalue weighted by Crippen LogP contribution is -2.53. The van der Waals surface area contributed by atoms with E-state index in [9.17, 15) is 8.42 Å². The van der Waals surface area contributed by atoms with Gasteiger partial charge in [-0.2, -0.15) is 0 Å². The summed E-state index contributed by atoms with van der Waals surface area (Å²) in [6, 6.07) is 0.106. The van der Waals surface area contributed by atoms with E-state index in [1.54, 1.807) is 0 Å².